The molecule has 78 valence electrons. The van der Waals surface area contributed by atoms with Crippen LogP contribution in [0.1, 0.15) is 20.8 Å². The van der Waals surface area contributed by atoms with E-state index in [1.807, 2.05) is 20.8 Å². The van der Waals surface area contributed by atoms with E-state index in [2.05, 4.69) is 10.6 Å². The second kappa shape index (κ2) is 8.01. The molecular formula is C9H20N2O2. The van der Waals surface area contributed by atoms with Gasteiger partial charge in [0.15, 0.2) is 0 Å². The van der Waals surface area contributed by atoms with E-state index < -0.39 is 0 Å². The summed E-state index contributed by atoms with van der Waals surface area (Å²) in [5.74, 6) is 0.0407. The van der Waals surface area contributed by atoms with Gasteiger partial charge in [0, 0.05) is 19.7 Å². The topological polar surface area (TPSA) is 50.4 Å². The van der Waals surface area contributed by atoms with E-state index in [4.69, 9.17) is 4.74 Å². The molecule has 4 heteroatoms. The Balaban J connectivity index is 3.38. The summed E-state index contributed by atoms with van der Waals surface area (Å²) in [5, 5.41) is 5.81. The standard InChI is InChI=1S/C9H20N2O2/c1-4-10-9(12)8(3)11-6-7-13-5-2/h8,11H,4-7H2,1-3H3,(H,10,12). The molecule has 13 heavy (non-hydrogen) atoms. The molecule has 1 amide bonds. The fourth-order valence-electron chi connectivity index (χ4n) is 0.912. The van der Waals surface area contributed by atoms with Gasteiger partial charge in [-0.15, -0.1) is 0 Å². The maximum Gasteiger partial charge on any atom is 0.236 e. The summed E-state index contributed by atoms with van der Waals surface area (Å²) in [6.45, 7) is 8.47. The maximum absolute atomic E-state index is 11.2. The summed E-state index contributed by atoms with van der Waals surface area (Å²) in [6, 6.07) is -0.139. The molecule has 0 aliphatic rings. The molecule has 0 aromatic rings. The van der Waals surface area contributed by atoms with Crippen molar-refractivity contribution in [2.75, 3.05) is 26.3 Å². The number of nitrogens with one attached hydrogen (secondary N) is 2. The third kappa shape index (κ3) is 6.54. The van der Waals surface area contributed by atoms with Crippen LogP contribution >= 0.6 is 0 Å². The molecule has 0 saturated carbocycles. The van der Waals surface area contributed by atoms with Crippen molar-refractivity contribution in [2.45, 2.75) is 26.8 Å². The zero-order chi connectivity index (χ0) is 10.1. The first-order chi connectivity index (χ1) is 6.22. The van der Waals surface area contributed by atoms with Crippen molar-refractivity contribution in [3.8, 4) is 0 Å². The number of carbonyl (C=O) groups excluding carboxylic acids is 1. The summed E-state index contributed by atoms with van der Waals surface area (Å²) in [4.78, 5) is 11.2. The highest BCUT2D eigenvalue weighted by molar-refractivity contribution is 5.81. The minimum absolute atomic E-state index is 0.0407. The highest BCUT2D eigenvalue weighted by atomic mass is 16.5. The van der Waals surface area contributed by atoms with Gasteiger partial charge < -0.3 is 15.4 Å². The zero-order valence-corrected chi connectivity index (χ0v) is 8.72. The van der Waals surface area contributed by atoms with E-state index in [1.165, 1.54) is 0 Å². The first-order valence-corrected chi connectivity index (χ1v) is 4.81. The minimum atomic E-state index is -0.139. The molecule has 1 atom stereocenters. The third-order valence-corrected chi connectivity index (χ3v) is 1.65. The van der Waals surface area contributed by atoms with Crippen molar-refractivity contribution in [3.05, 3.63) is 0 Å². The summed E-state index contributed by atoms with van der Waals surface area (Å²) < 4.78 is 5.13. The lowest BCUT2D eigenvalue weighted by molar-refractivity contribution is -0.122. The zero-order valence-electron chi connectivity index (χ0n) is 8.72. The number of rotatable bonds is 7. The number of carbonyl (C=O) groups is 1. The van der Waals surface area contributed by atoms with Gasteiger partial charge in [-0.2, -0.15) is 0 Å². The van der Waals surface area contributed by atoms with Crippen molar-refractivity contribution in [3.63, 3.8) is 0 Å². The van der Waals surface area contributed by atoms with Crippen LogP contribution < -0.4 is 10.6 Å². The molecule has 0 fully saturated rings. The van der Waals surface area contributed by atoms with Crippen molar-refractivity contribution < 1.29 is 9.53 Å². The monoisotopic (exact) mass is 188 g/mol. The molecule has 0 spiro atoms. The quantitative estimate of drug-likeness (QED) is 0.559. The van der Waals surface area contributed by atoms with E-state index in [0.29, 0.717) is 19.7 Å². The van der Waals surface area contributed by atoms with E-state index in [0.717, 1.165) is 6.61 Å². The lowest BCUT2D eigenvalue weighted by atomic mass is 10.3. The number of amides is 1. The Hall–Kier alpha value is -0.610. The first-order valence-electron chi connectivity index (χ1n) is 4.81. The van der Waals surface area contributed by atoms with E-state index in [9.17, 15) is 4.79 Å². The second-order valence-corrected chi connectivity index (χ2v) is 2.77. The van der Waals surface area contributed by atoms with Crippen LogP contribution in [0.4, 0.5) is 0 Å². The van der Waals surface area contributed by atoms with Gasteiger partial charge in [-0.3, -0.25) is 4.79 Å². The molecule has 0 saturated heterocycles. The fourth-order valence-corrected chi connectivity index (χ4v) is 0.912. The molecule has 1 unspecified atom stereocenters. The van der Waals surface area contributed by atoms with Crippen LogP contribution in [-0.4, -0.2) is 38.3 Å². The number of ether oxygens (including phenoxy) is 1. The second-order valence-electron chi connectivity index (χ2n) is 2.77. The van der Waals surface area contributed by atoms with Gasteiger partial charge in [-0.05, 0) is 20.8 Å². The van der Waals surface area contributed by atoms with Crippen molar-refractivity contribution in [2.24, 2.45) is 0 Å². The predicted octanol–water partition coefficient (Wildman–Crippen LogP) is 0.137. The fraction of sp³-hybridized carbons (Fsp3) is 0.889. The summed E-state index contributed by atoms with van der Waals surface area (Å²) >= 11 is 0. The molecule has 4 nitrogen and oxygen atoms in total. The Morgan fingerprint density at radius 3 is 2.69 bits per heavy atom. The van der Waals surface area contributed by atoms with Crippen LogP contribution in [0.5, 0.6) is 0 Å². The number of hydrogen-bond donors (Lipinski definition) is 2. The van der Waals surface area contributed by atoms with Crippen LogP contribution in [-0.2, 0) is 9.53 Å². The lowest BCUT2D eigenvalue weighted by Crippen LogP contribution is -2.43. The van der Waals surface area contributed by atoms with Crippen LogP contribution in [0, 0.1) is 0 Å². The highest BCUT2D eigenvalue weighted by Gasteiger charge is 2.09. The van der Waals surface area contributed by atoms with Gasteiger partial charge in [0.2, 0.25) is 5.91 Å². The van der Waals surface area contributed by atoms with Gasteiger partial charge in [-0.1, -0.05) is 0 Å². The van der Waals surface area contributed by atoms with Gasteiger partial charge in [0.25, 0.3) is 0 Å². The third-order valence-electron chi connectivity index (χ3n) is 1.65. The van der Waals surface area contributed by atoms with Gasteiger partial charge >= 0.3 is 0 Å². The number of hydrogen-bond acceptors (Lipinski definition) is 3. The van der Waals surface area contributed by atoms with Crippen molar-refractivity contribution >= 4 is 5.91 Å². The molecule has 0 bridgehead atoms. The van der Waals surface area contributed by atoms with Crippen LogP contribution in [0.15, 0.2) is 0 Å². The van der Waals surface area contributed by atoms with E-state index in [1.54, 1.807) is 0 Å². The first kappa shape index (κ1) is 12.4. The van der Waals surface area contributed by atoms with E-state index >= 15 is 0 Å². The van der Waals surface area contributed by atoms with E-state index in [-0.39, 0.29) is 11.9 Å². The molecule has 2 N–H and O–H groups in total. The Labute approximate surface area is 80.0 Å². The minimum Gasteiger partial charge on any atom is -0.380 e. The molecule has 0 aromatic heterocycles. The summed E-state index contributed by atoms with van der Waals surface area (Å²) in [5.41, 5.74) is 0. The van der Waals surface area contributed by atoms with Crippen LogP contribution in [0.3, 0.4) is 0 Å². The summed E-state index contributed by atoms with van der Waals surface area (Å²) in [7, 11) is 0. The average Bonchev–Trinajstić information content (AvgIpc) is 2.12. The predicted molar refractivity (Wildman–Crippen MR) is 52.6 cm³/mol. The average molecular weight is 188 g/mol. The number of likely N-dealkylation sites (N-methyl/N-ethyl adjacent to an activating group) is 1. The Morgan fingerprint density at radius 2 is 2.15 bits per heavy atom. The molecule has 0 aromatic carbocycles. The summed E-state index contributed by atoms with van der Waals surface area (Å²) in [6.07, 6.45) is 0. The smallest absolute Gasteiger partial charge is 0.236 e. The molecular weight excluding hydrogens is 168 g/mol. The SMILES string of the molecule is CCNC(=O)C(C)NCCOCC. The normalized spacial score (nSPS) is 12.5. The molecule has 0 rings (SSSR count). The molecule has 0 aliphatic heterocycles. The Kier molecular flexibility index (Phi) is 7.63. The molecule has 0 heterocycles. The molecule has 0 radical (unpaired) electrons. The molecule has 0 aliphatic carbocycles. The van der Waals surface area contributed by atoms with Gasteiger partial charge in [0.05, 0.1) is 12.6 Å². The van der Waals surface area contributed by atoms with Crippen molar-refractivity contribution in [1.29, 1.82) is 0 Å². The lowest BCUT2D eigenvalue weighted by Gasteiger charge is -2.12. The largest absolute Gasteiger partial charge is 0.380 e. The van der Waals surface area contributed by atoms with Gasteiger partial charge in [-0.25, -0.2) is 0 Å². The Bertz CT molecular complexity index is 140. The van der Waals surface area contributed by atoms with Crippen LogP contribution in [0.2, 0.25) is 0 Å². The Morgan fingerprint density at radius 1 is 1.46 bits per heavy atom. The maximum atomic E-state index is 11.2. The van der Waals surface area contributed by atoms with Crippen LogP contribution in [0.25, 0.3) is 0 Å². The highest BCUT2D eigenvalue weighted by Crippen LogP contribution is 1.81. The van der Waals surface area contributed by atoms with Crippen molar-refractivity contribution in [1.82, 2.24) is 10.6 Å². The van der Waals surface area contributed by atoms with Gasteiger partial charge in [0.1, 0.15) is 0 Å².